The molecular formula is C17H15F3N2O2. The third kappa shape index (κ3) is 5.42. The van der Waals surface area contributed by atoms with Gasteiger partial charge in [-0.25, -0.2) is 0 Å². The minimum atomic E-state index is -4.42. The van der Waals surface area contributed by atoms with Crippen molar-refractivity contribution < 1.29 is 22.8 Å². The molecule has 0 aromatic heterocycles. The van der Waals surface area contributed by atoms with Gasteiger partial charge in [0.1, 0.15) is 0 Å². The third-order valence-electron chi connectivity index (χ3n) is 3.15. The lowest BCUT2D eigenvalue weighted by atomic mass is 10.1. The zero-order valence-electron chi connectivity index (χ0n) is 12.6. The molecule has 2 amide bonds. The molecule has 24 heavy (non-hydrogen) atoms. The van der Waals surface area contributed by atoms with Crippen molar-refractivity contribution in [2.75, 3.05) is 11.9 Å². The van der Waals surface area contributed by atoms with Crippen LogP contribution in [0.2, 0.25) is 0 Å². The zero-order chi connectivity index (χ0) is 17.6. The van der Waals surface area contributed by atoms with Crippen LogP contribution >= 0.6 is 0 Å². The van der Waals surface area contributed by atoms with E-state index in [0.717, 1.165) is 29.8 Å². The van der Waals surface area contributed by atoms with Crippen LogP contribution in [-0.4, -0.2) is 18.4 Å². The Morgan fingerprint density at radius 2 is 1.50 bits per heavy atom. The van der Waals surface area contributed by atoms with Crippen molar-refractivity contribution in [2.24, 2.45) is 0 Å². The Labute approximate surface area is 136 Å². The largest absolute Gasteiger partial charge is 0.416 e. The number of hydrogen-bond donors (Lipinski definition) is 2. The fraction of sp³-hybridized carbons (Fsp3) is 0.176. The van der Waals surface area contributed by atoms with Gasteiger partial charge in [-0.2, -0.15) is 13.2 Å². The molecule has 0 bridgehead atoms. The average Bonchev–Trinajstić information content (AvgIpc) is 2.53. The molecule has 0 unspecified atom stereocenters. The number of rotatable bonds is 5. The van der Waals surface area contributed by atoms with Gasteiger partial charge in [-0.15, -0.1) is 0 Å². The van der Waals surface area contributed by atoms with Crippen molar-refractivity contribution in [3.8, 4) is 0 Å². The van der Waals surface area contributed by atoms with Crippen LogP contribution in [0.5, 0.6) is 0 Å². The number of hydrogen-bond acceptors (Lipinski definition) is 2. The normalized spacial score (nSPS) is 11.0. The lowest BCUT2D eigenvalue weighted by Crippen LogP contribution is -2.33. The smallest absolute Gasteiger partial charge is 0.347 e. The molecule has 0 spiro atoms. The number of benzene rings is 2. The Hall–Kier alpha value is -2.83. The van der Waals surface area contributed by atoms with Crippen LogP contribution in [0.1, 0.15) is 11.1 Å². The Morgan fingerprint density at radius 1 is 0.875 bits per heavy atom. The van der Waals surface area contributed by atoms with E-state index in [1.165, 1.54) is 0 Å². The molecule has 2 N–H and O–H groups in total. The zero-order valence-corrected chi connectivity index (χ0v) is 12.6. The van der Waals surface area contributed by atoms with E-state index in [1.807, 2.05) is 6.07 Å². The van der Waals surface area contributed by atoms with E-state index in [9.17, 15) is 22.8 Å². The molecule has 0 aliphatic rings. The molecule has 2 rings (SSSR count). The van der Waals surface area contributed by atoms with Crippen molar-refractivity contribution in [3.63, 3.8) is 0 Å². The Morgan fingerprint density at radius 3 is 2.08 bits per heavy atom. The van der Waals surface area contributed by atoms with Crippen molar-refractivity contribution >= 4 is 17.5 Å². The average molecular weight is 336 g/mol. The summed E-state index contributed by atoms with van der Waals surface area (Å²) in [5.41, 5.74) is 0.250. The molecule has 0 saturated carbocycles. The highest BCUT2D eigenvalue weighted by atomic mass is 19.4. The molecule has 0 atom stereocenters. The van der Waals surface area contributed by atoms with Crippen LogP contribution in [-0.2, 0) is 22.2 Å². The molecule has 0 radical (unpaired) electrons. The summed E-state index contributed by atoms with van der Waals surface area (Å²) in [5, 5.41) is 4.87. The van der Waals surface area contributed by atoms with Gasteiger partial charge in [0.2, 0.25) is 11.8 Å². The predicted molar refractivity (Wildman–Crippen MR) is 83.2 cm³/mol. The van der Waals surface area contributed by atoms with Crippen LogP contribution < -0.4 is 10.6 Å². The number of carbonyl (C=O) groups is 2. The summed E-state index contributed by atoms with van der Waals surface area (Å²) in [7, 11) is 0. The van der Waals surface area contributed by atoms with Gasteiger partial charge in [0.25, 0.3) is 0 Å². The SMILES string of the molecule is O=C(Cc1ccccc1)NCC(=O)Nc1ccc(C(F)(F)F)cc1. The van der Waals surface area contributed by atoms with Gasteiger partial charge in [0, 0.05) is 5.69 Å². The topological polar surface area (TPSA) is 58.2 Å². The molecule has 0 heterocycles. The molecule has 0 fully saturated rings. The van der Waals surface area contributed by atoms with Crippen molar-refractivity contribution in [2.45, 2.75) is 12.6 Å². The van der Waals surface area contributed by atoms with Gasteiger partial charge in [-0.05, 0) is 29.8 Å². The van der Waals surface area contributed by atoms with E-state index >= 15 is 0 Å². The Bertz CT molecular complexity index is 698. The molecule has 4 nitrogen and oxygen atoms in total. The van der Waals surface area contributed by atoms with Crippen molar-refractivity contribution in [1.29, 1.82) is 0 Å². The second-order valence-corrected chi connectivity index (χ2v) is 5.06. The van der Waals surface area contributed by atoms with E-state index in [4.69, 9.17) is 0 Å². The van der Waals surface area contributed by atoms with Crippen molar-refractivity contribution in [1.82, 2.24) is 5.32 Å². The highest BCUT2D eigenvalue weighted by Gasteiger charge is 2.29. The third-order valence-corrected chi connectivity index (χ3v) is 3.15. The first kappa shape index (κ1) is 17.5. The maximum atomic E-state index is 12.4. The summed E-state index contributed by atoms with van der Waals surface area (Å²) in [6, 6.07) is 13.1. The summed E-state index contributed by atoms with van der Waals surface area (Å²) in [6.07, 6.45) is -4.28. The first-order chi connectivity index (χ1) is 11.3. The molecule has 2 aromatic rings. The van der Waals surface area contributed by atoms with Crippen LogP contribution in [0.4, 0.5) is 18.9 Å². The number of halogens is 3. The van der Waals surface area contributed by atoms with E-state index in [2.05, 4.69) is 10.6 Å². The summed E-state index contributed by atoms with van der Waals surface area (Å²) in [4.78, 5) is 23.4. The minimum absolute atomic E-state index is 0.147. The Kier molecular flexibility index (Phi) is 5.57. The van der Waals surface area contributed by atoms with E-state index in [-0.39, 0.29) is 24.6 Å². The fourth-order valence-corrected chi connectivity index (χ4v) is 1.97. The maximum Gasteiger partial charge on any atom is 0.416 e. The minimum Gasteiger partial charge on any atom is -0.347 e. The summed E-state index contributed by atoms with van der Waals surface area (Å²) in [5.74, 6) is -0.833. The van der Waals surface area contributed by atoms with Crippen LogP contribution in [0.3, 0.4) is 0 Å². The number of alkyl halides is 3. The molecular weight excluding hydrogens is 321 g/mol. The van der Waals surface area contributed by atoms with E-state index in [0.29, 0.717) is 0 Å². The van der Waals surface area contributed by atoms with Gasteiger partial charge in [0.15, 0.2) is 0 Å². The molecule has 126 valence electrons. The van der Waals surface area contributed by atoms with Gasteiger partial charge >= 0.3 is 6.18 Å². The highest BCUT2D eigenvalue weighted by molar-refractivity contribution is 5.94. The standard InChI is InChI=1S/C17H15F3N2O2/c18-17(19,20)13-6-8-14(9-7-13)22-16(24)11-21-15(23)10-12-4-2-1-3-5-12/h1-9H,10-11H2,(H,21,23)(H,22,24). The molecule has 2 aromatic carbocycles. The van der Waals surface area contributed by atoms with E-state index < -0.39 is 17.6 Å². The molecule has 7 heteroatoms. The number of amides is 2. The van der Waals surface area contributed by atoms with Gasteiger partial charge in [-0.1, -0.05) is 30.3 Å². The summed E-state index contributed by atoms with van der Waals surface area (Å²) >= 11 is 0. The predicted octanol–water partition coefficient (Wildman–Crippen LogP) is 3.00. The fourth-order valence-electron chi connectivity index (χ4n) is 1.97. The van der Waals surface area contributed by atoms with Gasteiger partial charge in [-0.3, -0.25) is 9.59 Å². The monoisotopic (exact) mass is 336 g/mol. The van der Waals surface area contributed by atoms with E-state index in [1.54, 1.807) is 24.3 Å². The van der Waals surface area contributed by atoms with Crippen LogP contribution in [0.25, 0.3) is 0 Å². The first-order valence-electron chi connectivity index (χ1n) is 7.12. The maximum absolute atomic E-state index is 12.4. The molecule has 0 saturated heterocycles. The number of nitrogens with one attached hydrogen (secondary N) is 2. The lowest BCUT2D eigenvalue weighted by molar-refractivity contribution is -0.137. The quantitative estimate of drug-likeness (QED) is 0.882. The van der Waals surface area contributed by atoms with Gasteiger partial charge in [0.05, 0.1) is 18.5 Å². The first-order valence-corrected chi connectivity index (χ1v) is 7.12. The highest BCUT2D eigenvalue weighted by Crippen LogP contribution is 2.29. The van der Waals surface area contributed by atoms with Crippen LogP contribution in [0.15, 0.2) is 54.6 Å². The second-order valence-electron chi connectivity index (χ2n) is 5.06. The van der Waals surface area contributed by atoms with Gasteiger partial charge < -0.3 is 10.6 Å². The number of carbonyl (C=O) groups excluding carboxylic acids is 2. The van der Waals surface area contributed by atoms with Crippen LogP contribution in [0, 0.1) is 0 Å². The summed E-state index contributed by atoms with van der Waals surface area (Å²) in [6.45, 7) is -0.257. The van der Waals surface area contributed by atoms with Crippen molar-refractivity contribution in [3.05, 3.63) is 65.7 Å². The Balaban J connectivity index is 1.80. The summed E-state index contributed by atoms with van der Waals surface area (Å²) < 4.78 is 37.3. The number of anilines is 1. The lowest BCUT2D eigenvalue weighted by Gasteiger charge is -2.09. The molecule has 0 aliphatic heterocycles. The molecule has 0 aliphatic carbocycles. The second kappa shape index (κ2) is 7.63.